The standard InChI is InChI=1S/C15H17NO6/c1-18-13-11-15(22-11,14(16)17)10-9(20-13)7-19-12(21-10)8-5-3-2-4-6-8/h2-6,9-13H,7H2,1H3,(H2,16,17)/t9-,10-,11+,12-,13-,15-/m1/s1. The van der Waals surface area contributed by atoms with Crippen molar-refractivity contribution in [3.05, 3.63) is 35.9 Å². The first kappa shape index (κ1) is 14.1. The second-order valence-corrected chi connectivity index (χ2v) is 5.61. The SMILES string of the molecule is CO[C@@H]1O[C@@H]2CO[C@@H](c3ccccc3)O[C@H]2[C@@]2(C(N)=O)O[C@@H]12. The van der Waals surface area contributed by atoms with Crippen molar-refractivity contribution in [1.82, 2.24) is 0 Å². The zero-order valence-corrected chi connectivity index (χ0v) is 12.0. The van der Waals surface area contributed by atoms with E-state index in [1.54, 1.807) is 0 Å². The van der Waals surface area contributed by atoms with Crippen molar-refractivity contribution in [1.29, 1.82) is 0 Å². The lowest BCUT2D eigenvalue weighted by atomic mass is 9.89. The van der Waals surface area contributed by atoms with Crippen molar-refractivity contribution in [2.45, 2.75) is 36.5 Å². The van der Waals surface area contributed by atoms with E-state index in [0.29, 0.717) is 0 Å². The van der Waals surface area contributed by atoms with Gasteiger partial charge in [0.2, 0.25) is 5.60 Å². The molecule has 1 aromatic carbocycles. The fourth-order valence-corrected chi connectivity index (χ4v) is 3.23. The van der Waals surface area contributed by atoms with Crippen LogP contribution in [0.1, 0.15) is 11.9 Å². The molecule has 0 spiro atoms. The number of hydrogen-bond donors (Lipinski definition) is 1. The van der Waals surface area contributed by atoms with Crippen molar-refractivity contribution in [3.63, 3.8) is 0 Å². The van der Waals surface area contributed by atoms with Crippen molar-refractivity contribution in [3.8, 4) is 0 Å². The van der Waals surface area contributed by atoms with Crippen LogP contribution < -0.4 is 5.73 Å². The van der Waals surface area contributed by atoms with Gasteiger partial charge in [0.1, 0.15) is 12.2 Å². The molecule has 7 nitrogen and oxygen atoms in total. The summed E-state index contributed by atoms with van der Waals surface area (Å²) < 4.78 is 28.2. The fraction of sp³-hybridized carbons (Fsp3) is 0.533. The predicted molar refractivity (Wildman–Crippen MR) is 72.5 cm³/mol. The van der Waals surface area contributed by atoms with E-state index >= 15 is 0 Å². The Kier molecular flexibility index (Phi) is 3.21. The average molecular weight is 307 g/mol. The van der Waals surface area contributed by atoms with E-state index < -0.39 is 42.4 Å². The van der Waals surface area contributed by atoms with Crippen LogP contribution in [-0.2, 0) is 28.5 Å². The van der Waals surface area contributed by atoms with E-state index in [4.69, 9.17) is 29.4 Å². The van der Waals surface area contributed by atoms with Crippen LogP contribution in [0.4, 0.5) is 0 Å². The van der Waals surface area contributed by atoms with Crippen LogP contribution in [0.25, 0.3) is 0 Å². The highest BCUT2D eigenvalue weighted by atomic mass is 16.8. The maximum atomic E-state index is 11.9. The summed E-state index contributed by atoms with van der Waals surface area (Å²) in [6, 6.07) is 9.50. The summed E-state index contributed by atoms with van der Waals surface area (Å²) >= 11 is 0. The van der Waals surface area contributed by atoms with Gasteiger partial charge >= 0.3 is 0 Å². The summed E-state index contributed by atoms with van der Waals surface area (Å²) in [7, 11) is 1.50. The van der Waals surface area contributed by atoms with Gasteiger partial charge in [-0.05, 0) is 0 Å². The molecule has 22 heavy (non-hydrogen) atoms. The van der Waals surface area contributed by atoms with Gasteiger partial charge in [-0.1, -0.05) is 30.3 Å². The molecule has 0 aliphatic carbocycles. The Labute approximate surface area is 127 Å². The Hall–Kier alpha value is -1.51. The number of amides is 1. The van der Waals surface area contributed by atoms with E-state index in [0.717, 1.165) is 5.56 Å². The molecule has 3 heterocycles. The summed E-state index contributed by atoms with van der Waals surface area (Å²) in [5.74, 6) is -0.563. The van der Waals surface area contributed by atoms with E-state index in [1.807, 2.05) is 30.3 Å². The van der Waals surface area contributed by atoms with Gasteiger partial charge in [0.05, 0.1) is 6.61 Å². The Morgan fingerprint density at radius 2 is 2.05 bits per heavy atom. The van der Waals surface area contributed by atoms with Crippen LogP contribution in [0.2, 0.25) is 0 Å². The number of ether oxygens (including phenoxy) is 5. The normalized spacial score (nSPS) is 43.0. The number of primary amides is 1. The molecule has 0 unspecified atom stereocenters. The number of carbonyl (C=O) groups is 1. The third-order valence-electron chi connectivity index (χ3n) is 4.38. The maximum absolute atomic E-state index is 11.9. The topological polar surface area (TPSA) is 92.5 Å². The van der Waals surface area contributed by atoms with Crippen molar-refractivity contribution >= 4 is 5.91 Å². The van der Waals surface area contributed by atoms with E-state index in [-0.39, 0.29) is 6.61 Å². The van der Waals surface area contributed by atoms with E-state index in [1.165, 1.54) is 7.11 Å². The number of nitrogens with two attached hydrogens (primary N) is 1. The Morgan fingerprint density at radius 3 is 2.73 bits per heavy atom. The van der Waals surface area contributed by atoms with Crippen molar-refractivity contribution < 1.29 is 28.5 Å². The summed E-state index contributed by atoms with van der Waals surface area (Å²) in [5, 5.41) is 0. The molecule has 1 amide bonds. The Balaban J connectivity index is 1.61. The van der Waals surface area contributed by atoms with E-state index in [9.17, 15) is 4.79 Å². The lowest BCUT2D eigenvalue weighted by molar-refractivity contribution is -0.311. The van der Waals surface area contributed by atoms with Gasteiger partial charge in [-0.15, -0.1) is 0 Å². The fourth-order valence-electron chi connectivity index (χ4n) is 3.23. The molecule has 3 aliphatic heterocycles. The number of benzene rings is 1. The molecule has 1 aromatic rings. The minimum absolute atomic E-state index is 0.273. The molecule has 0 bridgehead atoms. The summed E-state index contributed by atoms with van der Waals surface area (Å²) in [6.07, 6.45) is -2.83. The van der Waals surface area contributed by atoms with Gasteiger partial charge < -0.3 is 29.4 Å². The molecule has 3 aliphatic rings. The largest absolute Gasteiger partial charge is 0.367 e. The number of hydrogen-bond acceptors (Lipinski definition) is 6. The minimum Gasteiger partial charge on any atom is -0.367 e. The number of methoxy groups -OCH3 is 1. The number of rotatable bonds is 3. The quantitative estimate of drug-likeness (QED) is 0.796. The molecule has 3 fully saturated rings. The van der Waals surface area contributed by atoms with Crippen molar-refractivity contribution in [2.75, 3.05) is 13.7 Å². The van der Waals surface area contributed by atoms with Crippen molar-refractivity contribution in [2.24, 2.45) is 5.73 Å². The van der Waals surface area contributed by atoms with Crippen LogP contribution in [0.3, 0.4) is 0 Å². The molecular weight excluding hydrogens is 290 g/mol. The number of carbonyl (C=O) groups excluding carboxylic acids is 1. The first-order chi connectivity index (χ1) is 10.7. The average Bonchev–Trinajstić information content (AvgIpc) is 3.32. The zero-order valence-electron chi connectivity index (χ0n) is 12.0. The summed E-state index contributed by atoms with van der Waals surface area (Å²) in [6.45, 7) is 0.273. The van der Waals surface area contributed by atoms with Crippen LogP contribution in [-0.4, -0.2) is 49.8 Å². The third-order valence-corrected chi connectivity index (χ3v) is 4.38. The minimum atomic E-state index is -1.19. The van der Waals surface area contributed by atoms with Crippen LogP contribution in [0.5, 0.6) is 0 Å². The van der Waals surface area contributed by atoms with Crippen LogP contribution >= 0.6 is 0 Å². The molecular formula is C15H17NO6. The highest BCUT2D eigenvalue weighted by molar-refractivity contribution is 5.88. The molecule has 4 rings (SSSR count). The molecule has 6 atom stereocenters. The highest BCUT2D eigenvalue weighted by Crippen LogP contribution is 2.52. The second kappa shape index (κ2) is 5.00. The molecule has 3 saturated heterocycles. The summed E-state index contributed by atoms with van der Waals surface area (Å²) in [4.78, 5) is 11.9. The Bertz CT molecular complexity index is 581. The van der Waals surface area contributed by atoms with Crippen LogP contribution in [0, 0.1) is 0 Å². The smallest absolute Gasteiger partial charge is 0.255 e. The molecule has 118 valence electrons. The van der Waals surface area contributed by atoms with Gasteiger partial charge in [-0.2, -0.15) is 0 Å². The first-order valence-corrected chi connectivity index (χ1v) is 7.15. The number of fused-ring (bicyclic) bond motifs is 3. The molecule has 0 radical (unpaired) electrons. The lowest BCUT2D eigenvalue weighted by Crippen LogP contribution is -2.62. The van der Waals surface area contributed by atoms with E-state index in [2.05, 4.69) is 0 Å². The molecule has 0 aromatic heterocycles. The third kappa shape index (κ3) is 1.90. The Morgan fingerprint density at radius 1 is 1.27 bits per heavy atom. The molecule has 7 heteroatoms. The first-order valence-electron chi connectivity index (χ1n) is 7.15. The van der Waals surface area contributed by atoms with Gasteiger partial charge in [-0.25, -0.2) is 0 Å². The highest BCUT2D eigenvalue weighted by Gasteiger charge is 2.76. The molecule has 2 N–H and O–H groups in total. The predicted octanol–water partition coefficient (Wildman–Crippen LogP) is 0.0948. The zero-order chi connectivity index (χ0) is 15.3. The lowest BCUT2D eigenvalue weighted by Gasteiger charge is -2.42. The van der Waals surface area contributed by atoms with Gasteiger partial charge in [0.25, 0.3) is 5.91 Å². The van der Waals surface area contributed by atoms with Gasteiger partial charge in [0.15, 0.2) is 18.7 Å². The monoisotopic (exact) mass is 307 g/mol. The maximum Gasteiger partial charge on any atom is 0.255 e. The number of epoxide rings is 1. The van der Waals surface area contributed by atoms with Crippen LogP contribution in [0.15, 0.2) is 30.3 Å². The van der Waals surface area contributed by atoms with Gasteiger partial charge in [-0.3, -0.25) is 4.79 Å². The second-order valence-electron chi connectivity index (χ2n) is 5.61. The van der Waals surface area contributed by atoms with Gasteiger partial charge in [0, 0.05) is 12.7 Å². The summed E-state index contributed by atoms with van der Waals surface area (Å²) in [5.41, 5.74) is 5.23. The molecule has 0 saturated carbocycles.